The molecule has 2 rings (SSSR count). The first-order valence-corrected chi connectivity index (χ1v) is 6.60. The lowest BCUT2D eigenvalue weighted by atomic mass is 10.2. The summed E-state index contributed by atoms with van der Waals surface area (Å²) in [6.45, 7) is 3.94. The van der Waals surface area contributed by atoms with Crippen molar-refractivity contribution in [3.63, 3.8) is 0 Å². The fraction of sp³-hybridized carbons (Fsp3) is 0.286. The van der Waals surface area contributed by atoms with Crippen molar-refractivity contribution in [3.05, 3.63) is 47.4 Å². The van der Waals surface area contributed by atoms with Gasteiger partial charge in [0.2, 0.25) is 5.88 Å². The molecule has 0 saturated heterocycles. The quantitative estimate of drug-likeness (QED) is 0.822. The molecule has 0 spiro atoms. The van der Waals surface area contributed by atoms with Crippen LogP contribution in [0.2, 0.25) is 5.02 Å². The van der Waals surface area contributed by atoms with E-state index in [0.717, 1.165) is 25.1 Å². The summed E-state index contributed by atoms with van der Waals surface area (Å²) < 4.78 is 5.62. The van der Waals surface area contributed by atoms with Crippen LogP contribution in [-0.2, 0) is 6.54 Å². The van der Waals surface area contributed by atoms with E-state index >= 15 is 0 Å². The highest BCUT2D eigenvalue weighted by atomic mass is 35.5. The number of ether oxygens (including phenoxy) is 1. The van der Waals surface area contributed by atoms with Crippen molar-refractivity contribution >= 4 is 11.6 Å². The van der Waals surface area contributed by atoms with E-state index in [2.05, 4.69) is 22.2 Å². The standard InChI is InChI=1S/C14H16ClN3O/c1-2-4-16-8-11-3-5-18-14(6-11)19-13-7-12(15)9-17-10-13/h3,5-7,9-10,16H,2,4,8H2,1H3. The maximum atomic E-state index is 5.85. The van der Waals surface area contributed by atoms with Gasteiger partial charge in [-0.05, 0) is 24.6 Å². The molecule has 0 radical (unpaired) electrons. The maximum absolute atomic E-state index is 5.85. The fourth-order valence-electron chi connectivity index (χ4n) is 1.59. The van der Waals surface area contributed by atoms with Crippen molar-refractivity contribution < 1.29 is 4.74 Å². The SMILES string of the molecule is CCCNCc1ccnc(Oc2cncc(Cl)c2)c1. The summed E-state index contributed by atoms with van der Waals surface area (Å²) in [7, 11) is 0. The fourth-order valence-corrected chi connectivity index (χ4v) is 1.76. The molecular weight excluding hydrogens is 262 g/mol. The van der Waals surface area contributed by atoms with Crippen LogP contribution in [0, 0.1) is 0 Å². The minimum absolute atomic E-state index is 0.540. The minimum atomic E-state index is 0.540. The Morgan fingerprint density at radius 2 is 2.21 bits per heavy atom. The zero-order valence-corrected chi connectivity index (χ0v) is 11.5. The highest BCUT2D eigenvalue weighted by molar-refractivity contribution is 6.30. The first kappa shape index (κ1) is 13.8. The third-order valence-corrected chi connectivity index (χ3v) is 2.66. The van der Waals surface area contributed by atoms with Gasteiger partial charge in [0.1, 0.15) is 5.75 Å². The average Bonchev–Trinajstić information content (AvgIpc) is 2.39. The molecule has 19 heavy (non-hydrogen) atoms. The lowest BCUT2D eigenvalue weighted by Gasteiger charge is -2.07. The van der Waals surface area contributed by atoms with E-state index in [4.69, 9.17) is 16.3 Å². The molecule has 1 N–H and O–H groups in total. The van der Waals surface area contributed by atoms with Crippen LogP contribution in [0.3, 0.4) is 0 Å². The van der Waals surface area contributed by atoms with Crippen LogP contribution in [0.4, 0.5) is 0 Å². The predicted molar refractivity (Wildman–Crippen MR) is 75.6 cm³/mol. The van der Waals surface area contributed by atoms with E-state index in [-0.39, 0.29) is 0 Å². The smallest absolute Gasteiger partial charge is 0.219 e. The molecule has 0 fully saturated rings. The van der Waals surface area contributed by atoms with Gasteiger partial charge >= 0.3 is 0 Å². The van der Waals surface area contributed by atoms with Gasteiger partial charge in [-0.15, -0.1) is 0 Å². The summed E-state index contributed by atoms with van der Waals surface area (Å²) in [6.07, 6.45) is 6.02. The molecular formula is C14H16ClN3O. The van der Waals surface area contributed by atoms with Gasteiger partial charge in [0.15, 0.2) is 0 Å². The normalized spacial score (nSPS) is 10.4. The van der Waals surface area contributed by atoms with Crippen molar-refractivity contribution in [2.75, 3.05) is 6.54 Å². The molecule has 0 bridgehead atoms. The zero-order valence-electron chi connectivity index (χ0n) is 10.8. The number of pyridine rings is 2. The molecule has 0 saturated carbocycles. The molecule has 0 aliphatic rings. The molecule has 100 valence electrons. The Bertz CT molecular complexity index is 534. The zero-order chi connectivity index (χ0) is 13.5. The second-order valence-electron chi connectivity index (χ2n) is 4.12. The van der Waals surface area contributed by atoms with Crippen molar-refractivity contribution in [2.24, 2.45) is 0 Å². The maximum Gasteiger partial charge on any atom is 0.219 e. The number of halogens is 1. The van der Waals surface area contributed by atoms with E-state index in [1.165, 1.54) is 0 Å². The minimum Gasteiger partial charge on any atom is -0.437 e. The second-order valence-corrected chi connectivity index (χ2v) is 4.56. The lowest BCUT2D eigenvalue weighted by Crippen LogP contribution is -2.13. The molecule has 0 aliphatic heterocycles. The summed E-state index contributed by atoms with van der Waals surface area (Å²) in [5.41, 5.74) is 1.13. The molecule has 0 unspecified atom stereocenters. The Kier molecular flexibility index (Phi) is 5.12. The van der Waals surface area contributed by atoms with Crippen LogP contribution >= 0.6 is 11.6 Å². The van der Waals surface area contributed by atoms with E-state index in [1.807, 2.05) is 12.1 Å². The molecule has 2 heterocycles. The predicted octanol–water partition coefficient (Wildman–Crippen LogP) is 3.42. The van der Waals surface area contributed by atoms with E-state index in [1.54, 1.807) is 24.7 Å². The van der Waals surface area contributed by atoms with Gasteiger partial charge < -0.3 is 10.1 Å². The Hall–Kier alpha value is -1.65. The van der Waals surface area contributed by atoms with Crippen LogP contribution < -0.4 is 10.1 Å². The van der Waals surface area contributed by atoms with Crippen molar-refractivity contribution in [1.82, 2.24) is 15.3 Å². The highest BCUT2D eigenvalue weighted by Gasteiger charge is 2.01. The van der Waals surface area contributed by atoms with Crippen molar-refractivity contribution in [2.45, 2.75) is 19.9 Å². The van der Waals surface area contributed by atoms with Gasteiger partial charge in [0.05, 0.1) is 11.2 Å². The Balaban J connectivity index is 2.02. The molecule has 0 amide bonds. The van der Waals surface area contributed by atoms with Gasteiger partial charge in [-0.1, -0.05) is 18.5 Å². The number of aromatic nitrogens is 2. The van der Waals surface area contributed by atoms with E-state index in [0.29, 0.717) is 16.7 Å². The van der Waals surface area contributed by atoms with Gasteiger partial charge in [0.25, 0.3) is 0 Å². The molecule has 0 atom stereocenters. The number of hydrogen-bond acceptors (Lipinski definition) is 4. The molecule has 0 aliphatic carbocycles. The van der Waals surface area contributed by atoms with E-state index in [9.17, 15) is 0 Å². The molecule has 5 heteroatoms. The lowest BCUT2D eigenvalue weighted by molar-refractivity contribution is 0.459. The number of nitrogens with one attached hydrogen (secondary N) is 1. The highest BCUT2D eigenvalue weighted by Crippen LogP contribution is 2.21. The van der Waals surface area contributed by atoms with Crippen molar-refractivity contribution in [1.29, 1.82) is 0 Å². The molecule has 4 nitrogen and oxygen atoms in total. The molecule has 0 aromatic carbocycles. The first-order chi connectivity index (χ1) is 9.28. The Labute approximate surface area is 117 Å². The van der Waals surface area contributed by atoms with Crippen LogP contribution in [0.15, 0.2) is 36.8 Å². The summed E-state index contributed by atoms with van der Waals surface area (Å²) in [4.78, 5) is 8.14. The average molecular weight is 278 g/mol. The van der Waals surface area contributed by atoms with Crippen LogP contribution in [0.1, 0.15) is 18.9 Å². The Morgan fingerprint density at radius 3 is 3.00 bits per heavy atom. The summed E-state index contributed by atoms with van der Waals surface area (Å²) in [5, 5.41) is 3.87. The monoisotopic (exact) mass is 277 g/mol. The summed E-state index contributed by atoms with van der Waals surface area (Å²) in [5.74, 6) is 1.12. The summed E-state index contributed by atoms with van der Waals surface area (Å²) >= 11 is 5.85. The van der Waals surface area contributed by atoms with Crippen LogP contribution in [-0.4, -0.2) is 16.5 Å². The summed E-state index contributed by atoms with van der Waals surface area (Å²) in [6, 6.07) is 5.58. The number of nitrogens with zero attached hydrogens (tertiary/aromatic N) is 2. The van der Waals surface area contributed by atoms with Crippen LogP contribution in [0.5, 0.6) is 11.6 Å². The van der Waals surface area contributed by atoms with Gasteiger partial charge in [-0.3, -0.25) is 4.98 Å². The van der Waals surface area contributed by atoms with Gasteiger partial charge in [0, 0.05) is 31.1 Å². The Morgan fingerprint density at radius 1 is 1.32 bits per heavy atom. The van der Waals surface area contributed by atoms with Crippen LogP contribution in [0.25, 0.3) is 0 Å². The van der Waals surface area contributed by atoms with E-state index < -0.39 is 0 Å². The van der Waals surface area contributed by atoms with Gasteiger partial charge in [-0.25, -0.2) is 4.98 Å². The topological polar surface area (TPSA) is 47.0 Å². The van der Waals surface area contributed by atoms with Crippen molar-refractivity contribution in [3.8, 4) is 11.6 Å². The second kappa shape index (κ2) is 7.07. The number of rotatable bonds is 6. The third-order valence-electron chi connectivity index (χ3n) is 2.46. The molecule has 2 aromatic heterocycles. The van der Waals surface area contributed by atoms with Gasteiger partial charge in [-0.2, -0.15) is 0 Å². The largest absolute Gasteiger partial charge is 0.437 e. The third kappa shape index (κ3) is 4.50. The number of hydrogen-bond donors (Lipinski definition) is 1. The first-order valence-electron chi connectivity index (χ1n) is 6.22. The molecule has 2 aromatic rings.